The average molecular weight is 259 g/mol. The maximum atomic E-state index is 10.4. The minimum Gasteiger partial charge on any atom is -0.478 e. The summed E-state index contributed by atoms with van der Waals surface area (Å²) >= 11 is 0. The van der Waals surface area contributed by atoms with Crippen LogP contribution in [0.3, 0.4) is 0 Å². The van der Waals surface area contributed by atoms with Crippen LogP contribution in [0.15, 0.2) is 30.3 Å². The molecule has 1 heterocycles. The second-order valence-corrected chi connectivity index (χ2v) is 5.56. The Bertz CT molecular complexity index is 454. The van der Waals surface area contributed by atoms with E-state index in [1.54, 1.807) is 6.08 Å². The molecule has 0 amide bonds. The third kappa shape index (κ3) is 3.93. The lowest BCUT2D eigenvalue weighted by Crippen LogP contribution is -2.19. The van der Waals surface area contributed by atoms with E-state index in [0.717, 1.165) is 23.9 Å². The van der Waals surface area contributed by atoms with Gasteiger partial charge in [-0.1, -0.05) is 38.1 Å². The van der Waals surface area contributed by atoms with Gasteiger partial charge < -0.3 is 5.11 Å². The highest BCUT2D eigenvalue weighted by atomic mass is 16.4. The van der Waals surface area contributed by atoms with Crippen LogP contribution in [-0.4, -0.2) is 29.1 Å². The van der Waals surface area contributed by atoms with E-state index in [1.807, 2.05) is 12.1 Å². The molecule has 2 unspecified atom stereocenters. The molecule has 3 nitrogen and oxygen atoms in total. The fourth-order valence-corrected chi connectivity index (χ4v) is 2.54. The standard InChI is InChI=1S/C16H21NO2/c1-12-9-17(10-13(12)2)11-15-5-3-14(4-6-15)7-8-16(18)19/h3-8,12-13H,9-11H2,1-2H3,(H,18,19). The minimum atomic E-state index is -0.913. The van der Waals surface area contributed by atoms with Crippen molar-refractivity contribution in [3.8, 4) is 0 Å². The van der Waals surface area contributed by atoms with E-state index < -0.39 is 5.97 Å². The van der Waals surface area contributed by atoms with Gasteiger partial charge in [-0.2, -0.15) is 0 Å². The number of carboxylic acid groups (broad SMARTS) is 1. The first-order valence-electron chi connectivity index (χ1n) is 6.77. The van der Waals surface area contributed by atoms with E-state index >= 15 is 0 Å². The number of hydrogen-bond donors (Lipinski definition) is 1. The van der Waals surface area contributed by atoms with E-state index in [1.165, 1.54) is 24.7 Å². The van der Waals surface area contributed by atoms with Gasteiger partial charge in [0.2, 0.25) is 0 Å². The molecule has 102 valence electrons. The molecule has 1 aliphatic rings. The van der Waals surface area contributed by atoms with Crippen molar-refractivity contribution in [1.82, 2.24) is 4.90 Å². The normalized spacial score (nSPS) is 24.1. The zero-order valence-corrected chi connectivity index (χ0v) is 11.5. The van der Waals surface area contributed by atoms with Gasteiger partial charge in [-0.15, -0.1) is 0 Å². The van der Waals surface area contributed by atoms with Crippen LogP contribution < -0.4 is 0 Å². The topological polar surface area (TPSA) is 40.5 Å². The highest BCUT2D eigenvalue weighted by Gasteiger charge is 2.25. The van der Waals surface area contributed by atoms with Crippen molar-refractivity contribution in [3.05, 3.63) is 41.5 Å². The Morgan fingerprint density at radius 3 is 2.37 bits per heavy atom. The Balaban J connectivity index is 1.94. The van der Waals surface area contributed by atoms with Crippen LogP contribution in [0.1, 0.15) is 25.0 Å². The minimum absolute atomic E-state index is 0.776. The molecule has 2 atom stereocenters. The van der Waals surface area contributed by atoms with Gasteiger partial charge in [-0.3, -0.25) is 4.90 Å². The predicted molar refractivity (Wildman–Crippen MR) is 76.7 cm³/mol. The van der Waals surface area contributed by atoms with Crippen molar-refractivity contribution in [3.63, 3.8) is 0 Å². The molecule has 3 heteroatoms. The molecular weight excluding hydrogens is 238 g/mol. The maximum absolute atomic E-state index is 10.4. The number of nitrogens with zero attached hydrogens (tertiary/aromatic N) is 1. The van der Waals surface area contributed by atoms with Gasteiger partial charge in [0.05, 0.1) is 0 Å². The summed E-state index contributed by atoms with van der Waals surface area (Å²) in [5.41, 5.74) is 2.21. The molecule has 1 saturated heterocycles. The fourth-order valence-electron chi connectivity index (χ4n) is 2.54. The lowest BCUT2D eigenvalue weighted by Gasteiger charge is -2.15. The summed E-state index contributed by atoms with van der Waals surface area (Å²) in [6.45, 7) is 7.94. The summed E-state index contributed by atoms with van der Waals surface area (Å²) in [7, 11) is 0. The molecule has 0 radical (unpaired) electrons. The Morgan fingerprint density at radius 2 is 1.84 bits per heavy atom. The van der Waals surface area contributed by atoms with E-state index in [4.69, 9.17) is 5.11 Å². The first kappa shape index (κ1) is 13.8. The number of rotatable bonds is 4. The van der Waals surface area contributed by atoms with Gasteiger partial charge in [-0.25, -0.2) is 4.79 Å². The van der Waals surface area contributed by atoms with Gasteiger partial charge in [0.15, 0.2) is 0 Å². The van der Waals surface area contributed by atoms with Gasteiger partial charge in [-0.05, 0) is 29.0 Å². The van der Waals surface area contributed by atoms with Crippen LogP contribution in [0.2, 0.25) is 0 Å². The van der Waals surface area contributed by atoms with E-state index in [2.05, 4.69) is 30.9 Å². The third-order valence-corrected chi connectivity index (χ3v) is 3.87. The van der Waals surface area contributed by atoms with Gasteiger partial charge in [0, 0.05) is 25.7 Å². The summed E-state index contributed by atoms with van der Waals surface area (Å²) < 4.78 is 0. The maximum Gasteiger partial charge on any atom is 0.328 e. The number of aliphatic carboxylic acids is 1. The fraction of sp³-hybridized carbons (Fsp3) is 0.438. The zero-order chi connectivity index (χ0) is 13.8. The molecule has 1 aromatic carbocycles. The molecule has 0 saturated carbocycles. The summed E-state index contributed by atoms with van der Waals surface area (Å²) in [6, 6.07) is 8.10. The summed E-state index contributed by atoms with van der Waals surface area (Å²) in [4.78, 5) is 12.9. The van der Waals surface area contributed by atoms with Crippen LogP contribution >= 0.6 is 0 Å². The SMILES string of the molecule is CC1CN(Cc2ccc(C=CC(=O)O)cc2)CC1C. The number of benzene rings is 1. The predicted octanol–water partition coefficient (Wildman–Crippen LogP) is 2.87. The third-order valence-electron chi connectivity index (χ3n) is 3.87. The molecule has 2 rings (SSSR count). The lowest BCUT2D eigenvalue weighted by atomic mass is 10.0. The molecule has 1 N–H and O–H groups in total. The molecular formula is C16H21NO2. The van der Waals surface area contributed by atoms with Crippen molar-refractivity contribution < 1.29 is 9.90 Å². The largest absolute Gasteiger partial charge is 0.478 e. The second-order valence-electron chi connectivity index (χ2n) is 5.56. The average Bonchev–Trinajstić information content (AvgIpc) is 2.67. The van der Waals surface area contributed by atoms with Crippen molar-refractivity contribution in [2.24, 2.45) is 11.8 Å². The van der Waals surface area contributed by atoms with E-state index in [0.29, 0.717) is 0 Å². The van der Waals surface area contributed by atoms with Crippen LogP contribution in [-0.2, 0) is 11.3 Å². The Labute approximate surface area is 114 Å². The van der Waals surface area contributed by atoms with E-state index in [9.17, 15) is 4.79 Å². The smallest absolute Gasteiger partial charge is 0.328 e. The Morgan fingerprint density at radius 1 is 1.26 bits per heavy atom. The molecule has 1 fully saturated rings. The highest BCUT2D eigenvalue weighted by molar-refractivity contribution is 5.85. The summed E-state index contributed by atoms with van der Waals surface area (Å²) in [5.74, 6) is 0.639. The molecule has 1 aliphatic heterocycles. The number of likely N-dealkylation sites (tertiary alicyclic amines) is 1. The van der Waals surface area contributed by atoms with E-state index in [-0.39, 0.29) is 0 Å². The van der Waals surface area contributed by atoms with Crippen molar-refractivity contribution >= 4 is 12.0 Å². The van der Waals surface area contributed by atoms with Crippen molar-refractivity contribution in [1.29, 1.82) is 0 Å². The molecule has 0 spiro atoms. The number of hydrogen-bond acceptors (Lipinski definition) is 2. The molecule has 0 bridgehead atoms. The first-order valence-corrected chi connectivity index (χ1v) is 6.77. The summed E-state index contributed by atoms with van der Waals surface area (Å²) in [5, 5.41) is 8.58. The van der Waals surface area contributed by atoms with Crippen LogP contribution in [0.4, 0.5) is 0 Å². The lowest BCUT2D eigenvalue weighted by molar-refractivity contribution is -0.131. The number of carbonyl (C=O) groups is 1. The molecule has 19 heavy (non-hydrogen) atoms. The van der Waals surface area contributed by atoms with Gasteiger partial charge in [0.1, 0.15) is 0 Å². The monoisotopic (exact) mass is 259 g/mol. The highest BCUT2D eigenvalue weighted by Crippen LogP contribution is 2.23. The van der Waals surface area contributed by atoms with Crippen LogP contribution in [0.5, 0.6) is 0 Å². The van der Waals surface area contributed by atoms with Gasteiger partial charge in [0.25, 0.3) is 0 Å². The Hall–Kier alpha value is -1.61. The molecule has 1 aromatic rings. The second kappa shape index (κ2) is 6.02. The van der Waals surface area contributed by atoms with Gasteiger partial charge >= 0.3 is 5.97 Å². The molecule has 0 aromatic heterocycles. The number of carboxylic acids is 1. The molecule has 0 aliphatic carbocycles. The van der Waals surface area contributed by atoms with Crippen molar-refractivity contribution in [2.75, 3.05) is 13.1 Å². The zero-order valence-electron chi connectivity index (χ0n) is 11.5. The Kier molecular flexibility index (Phi) is 4.38. The van der Waals surface area contributed by atoms with Crippen LogP contribution in [0, 0.1) is 11.8 Å². The van der Waals surface area contributed by atoms with Crippen molar-refractivity contribution in [2.45, 2.75) is 20.4 Å². The quantitative estimate of drug-likeness (QED) is 0.845. The summed E-state index contributed by atoms with van der Waals surface area (Å²) in [6.07, 6.45) is 2.78. The first-order chi connectivity index (χ1) is 9.04. The van der Waals surface area contributed by atoms with Crippen LogP contribution in [0.25, 0.3) is 6.08 Å².